The molecule has 1 aliphatic carbocycles. The summed E-state index contributed by atoms with van der Waals surface area (Å²) >= 11 is 0. The molecule has 0 saturated heterocycles. The molecule has 0 aromatic heterocycles. The van der Waals surface area contributed by atoms with E-state index in [1.54, 1.807) is 4.90 Å². The number of benzene rings is 1. The molecule has 1 aromatic carbocycles. The van der Waals surface area contributed by atoms with Crippen LogP contribution >= 0.6 is 0 Å². The molecule has 2 N–H and O–H groups in total. The molecular formula is C19H25N3O. The first-order valence-corrected chi connectivity index (χ1v) is 8.27. The van der Waals surface area contributed by atoms with Crippen LogP contribution < -0.4 is 10.6 Å². The highest BCUT2D eigenvalue weighted by Gasteiger charge is 2.24. The number of aryl methyl sites for hydroxylation is 1. The predicted octanol–water partition coefficient (Wildman–Crippen LogP) is 3.13. The maximum absolute atomic E-state index is 11.1. The Labute approximate surface area is 138 Å². The normalized spacial score (nSPS) is 17.9. The maximum atomic E-state index is 11.1. The monoisotopic (exact) mass is 311 g/mol. The van der Waals surface area contributed by atoms with Gasteiger partial charge in [-0.05, 0) is 48.9 Å². The molecule has 1 amide bonds. The van der Waals surface area contributed by atoms with Crippen LogP contribution in [0.5, 0.6) is 0 Å². The van der Waals surface area contributed by atoms with E-state index in [4.69, 9.17) is 0 Å². The van der Waals surface area contributed by atoms with Crippen LogP contribution in [0.1, 0.15) is 36.3 Å². The molecule has 0 spiro atoms. The number of carbonyl (C=O) groups is 1. The molecule has 122 valence electrons. The van der Waals surface area contributed by atoms with Crippen molar-refractivity contribution in [3.63, 3.8) is 0 Å². The Hall–Kier alpha value is -2.23. The third-order valence-corrected chi connectivity index (χ3v) is 4.63. The summed E-state index contributed by atoms with van der Waals surface area (Å²) in [5, 5.41) is 6.70. The highest BCUT2D eigenvalue weighted by molar-refractivity contribution is 5.59. The van der Waals surface area contributed by atoms with Crippen LogP contribution in [0.25, 0.3) is 0 Å². The lowest BCUT2D eigenvalue weighted by molar-refractivity contribution is -0.117. The van der Waals surface area contributed by atoms with E-state index in [2.05, 4.69) is 42.3 Å². The van der Waals surface area contributed by atoms with Gasteiger partial charge in [-0.1, -0.05) is 12.6 Å². The van der Waals surface area contributed by atoms with E-state index in [1.165, 1.54) is 24.0 Å². The Morgan fingerprint density at radius 3 is 2.78 bits per heavy atom. The lowest BCUT2D eigenvalue weighted by Crippen LogP contribution is -2.34. The van der Waals surface area contributed by atoms with Gasteiger partial charge in [0, 0.05) is 49.2 Å². The molecule has 2 aliphatic rings. The molecule has 0 unspecified atom stereocenters. The van der Waals surface area contributed by atoms with Crippen molar-refractivity contribution >= 4 is 12.1 Å². The smallest absolute Gasteiger partial charge is 0.210 e. The number of carbonyl (C=O) groups excluding carboxylic acids is 1. The van der Waals surface area contributed by atoms with Gasteiger partial charge in [0.05, 0.1) is 0 Å². The van der Waals surface area contributed by atoms with Crippen molar-refractivity contribution in [2.45, 2.75) is 32.1 Å². The lowest BCUT2D eigenvalue weighted by atomic mass is 10.0. The molecule has 1 saturated carbocycles. The molecule has 4 heteroatoms. The fourth-order valence-corrected chi connectivity index (χ4v) is 3.21. The van der Waals surface area contributed by atoms with Crippen molar-refractivity contribution in [1.29, 1.82) is 0 Å². The van der Waals surface area contributed by atoms with E-state index in [-0.39, 0.29) is 0 Å². The van der Waals surface area contributed by atoms with Gasteiger partial charge in [-0.3, -0.25) is 4.79 Å². The predicted molar refractivity (Wildman–Crippen MR) is 94.3 cm³/mol. The van der Waals surface area contributed by atoms with Crippen molar-refractivity contribution in [1.82, 2.24) is 10.2 Å². The summed E-state index contributed by atoms with van der Waals surface area (Å²) in [6.07, 6.45) is 4.35. The Bertz CT molecular complexity index is 659. The minimum atomic E-state index is 0.604. The van der Waals surface area contributed by atoms with Gasteiger partial charge < -0.3 is 15.5 Å². The minimum Gasteiger partial charge on any atom is -0.391 e. The second-order valence-electron chi connectivity index (χ2n) is 6.54. The minimum absolute atomic E-state index is 0.604. The molecule has 1 fully saturated rings. The summed E-state index contributed by atoms with van der Waals surface area (Å²) in [5.41, 5.74) is 6.89. The van der Waals surface area contributed by atoms with Gasteiger partial charge in [-0.2, -0.15) is 0 Å². The number of nitrogens with zero attached hydrogens (tertiary/aromatic N) is 1. The zero-order chi connectivity index (χ0) is 16.4. The number of amides is 1. The standard InChI is InChI=1S/C19H25N3O/c1-13-8-16(15-4-5-15)10-17(9-13)21-14(2)18-11-22(12-23)7-6-19(18)20-3/h8-10,12,15,20-21H,2,4-7,11H2,1,3H3. The SMILES string of the molecule is C=C(Nc1cc(C)cc(C2CC2)c1)C1=C(NC)CCN(C=O)C1. The van der Waals surface area contributed by atoms with E-state index >= 15 is 0 Å². The number of rotatable bonds is 6. The van der Waals surface area contributed by atoms with Crippen molar-refractivity contribution in [2.75, 3.05) is 25.5 Å². The van der Waals surface area contributed by atoms with Crippen LogP contribution in [0.4, 0.5) is 5.69 Å². The van der Waals surface area contributed by atoms with E-state index < -0.39 is 0 Å². The Morgan fingerprint density at radius 2 is 2.13 bits per heavy atom. The average molecular weight is 311 g/mol. The molecule has 1 aliphatic heterocycles. The molecule has 1 heterocycles. The molecule has 0 radical (unpaired) electrons. The quantitative estimate of drug-likeness (QED) is 0.793. The van der Waals surface area contributed by atoms with Gasteiger partial charge in [-0.25, -0.2) is 0 Å². The van der Waals surface area contributed by atoms with Crippen molar-refractivity contribution in [3.8, 4) is 0 Å². The van der Waals surface area contributed by atoms with E-state index in [0.717, 1.165) is 47.9 Å². The van der Waals surface area contributed by atoms with E-state index in [9.17, 15) is 4.79 Å². The van der Waals surface area contributed by atoms with Gasteiger partial charge in [0.1, 0.15) is 0 Å². The number of nitrogens with one attached hydrogen (secondary N) is 2. The third-order valence-electron chi connectivity index (χ3n) is 4.63. The van der Waals surface area contributed by atoms with Crippen molar-refractivity contribution in [3.05, 3.63) is 52.9 Å². The van der Waals surface area contributed by atoms with E-state index in [1.807, 2.05) is 7.05 Å². The fourth-order valence-electron chi connectivity index (χ4n) is 3.21. The largest absolute Gasteiger partial charge is 0.391 e. The summed E-state index contributed by atoms with van der Waals surface area (Å²) in [7, 11) is 1.93. The van der Waals surface area contributed by atoms with Gasteiger partial charge in [0.2, 0.25) is 6.41 Å². The Morgan fingerprint density at radius 1 is 1.35 bits per heavy atom. The number of anilines is 1. The summed E-state index contributed by atoms with van der Waals surface area (Å²) in [6.45, 7) is 7.70. The third kappa shape index (κ3) is 3.58. The molecule has 3 rings (SSSR count). The van der Waals surface area contributed by atoms with Crippen LogP contribution in [0, 0.1) is 6.92 Å². The number of hydrogen-bond donors (Lipinski definition) is 2. The van der Waals surface area contributed by atoms with Gasteiger partial charge in [0.25, 0.3) is 0 Å². The van der Waals surface area contributed by atoms with Gasteiger partial charge in [0.15, 0.2) is 0 Å². The molecule has 4 nitrogen and oxygen atoms in total. The second kappa shape index (κ2) is 6.49. The lowest BCUT2D eigenvalue weighted by Gasteiger charge is -2.29. The van der Waals surface area contributed by atoms with Crippen molar-refractivity contribution in [2.24, 2.45) is 0 Å². The Kier molecular flexibility index (Phi) is 4.42. The van der Waals surface area contributed by atoms with Crippen LogP contribution in [0.15, 0.2) is 41.7 Å². The van der Waals surface area contributed by atoms with Crippen LogP contribution in [0.3, 0.4) is 0 Å². The van der Waals surface area contributed by atoms with Crippen molar-refractivity contribution < 1.29 is 4.79 Å². The van der Waals surface area contributed by atoms with E-state index in [0.29, 0.717) is 6.54 Å². The molecule has 0 atom stereocenters. The molecule has 0 bridgehead atoms. The van der Waals surface area contributed by atoms with Crippen LogP contribution in [0.2, 0.25) is 0 Å². The zero-order valence-corrected chi connectivity index (χ0v) is 14.0. The first-order valence-electron chi connectivity index (χ1n) is 8.27. The summed E-state index contributed by atoms with van der Waals surface area (Å²) < 4.78 is 0. The first-order chi connectivity index (χ1) is 11.1. The summed E-state index contributed by atoms with van der Waals surface area (Å²) in [4.78, 5) is 12.9. The topological polar surface area (TPSA) is 44.4 Å². The zero-order valence-electron chi connectivity index (χ0n) is 14.0. The first kappa shape index (κ1) is 15.7. The second-order valence-corrected chi connectivity index (χ2v) is 6.54. The fraction of sp³-hybridized carbons (Fsp3) is 0.421. The molecular weight excluding hydrogens is 286 g/mol. The molecule has 1 aromatic rings. The highest BCUT2D eigenvalue weighted by Crippen LogP contribution is 2.41. The summed E-state index contributed by atoms with van der Waals surface area (Å²) in [6, 6.07) is 6.66. The summed E-state index contributed by atoms with van der Waals surface area (Å²) in [5.74, 6) is 0.732. The van der Waals surface area contributed by atoms with Crippen LogP contribution in [-0.2, 0) is 4.79 Å². The molecule has 23 heavy (non-hydrogen) atoms. The average Bonchev–Trinajstić information content (AvgIpc) is 3.38. The van der Waals surface area contributed by atoms with Gasteiger partial charge >= 0.3 is 0 Å². The Balaban J connectivity index is 1.80. The van der Waals surface area contributed by atoms with Crippen LogP contribution in [-0.4, -0.2) is 31.4 Å². The maximum Gasteiger partial charge on any atom is 0.210 e. The highest BCUT2D eigenvalue weighted by atomic mass is 16.1. The van der Waals surface area contributed by atoms with Gasteiger partial charge in [-0.15, -0.1) is 0 Å². The number of hydrogen-bond acceptors (Lipinski definition) is 3.